The Morgan fingerprint density at radius 2 is 2.08 bits per heavy atom. The quantitative estimate of drug-likeness (QED) is 0.390. The molecular formula is C10H16O3. The van der Waals surface area contributed by atoms with E-state index in [2.05, 4.69) is 6.92 Å². The van der Waals surface area contributed by atoms with Gasteiger partial charge in [-0.05, 0) is 13.3 Å². The molecule has 1 unspecified atom stereocenters. The summed E-state index contributed by atoms with van der Waals surface area (Å²) in [5.74, 6) is -2.35. The molecule has 0 radical (unpaired) electrons. The molecule has 0 aromatic rings. The normalized spacial score (nSPS) is 13.1. The van der Waals surface area contributed by atoms with Crippen molar-refractivity contribution in [2.75, 3.05) is 0 Å². The number of unbranched alkanes of at least 4 members (excludes halogenated alkanes) is 2. The predicted octanol–water partition coefficient (Wildman–Crippen LogP) is 2.02. The Labute approximate surface area is 78.5 Å². The molecule has 74 valence electrons. The number of hydrogen-bond donors (Lipinski definition) is 1. The van der Waals surface area contributed by atoms with Gasteiger partial charge in [0.25, 0.3) is 0 Å². The lowest BCUT2D eigenvalue weighted by molar-refractivity contribution is -0.143. The molecule has 0 aromatic carbocycles. The van der Waals surface area contributed by atoms with Crippen molar-refractivity contribution in [1.29, 1.82) is 0 Å². The summed E-state index contributed by atoms with van der Waals surface area (Å²) in [6.45, 7) is 3.36. The second-order valence-electron chi connectivity index (χ2n) is 3.00. The third kappa shape index (κ3) is 5.17. The number of rotatable bonds is 6. The van der Waals surface area contributed by atoms with Crippen LogP contribution in [0.25, 0.3) is 0 Å². The number of carbonyl (C=O) groups excluding carboxylic acids is 1. The highest BCUT2D eigenvalue weighted by Crippen LogP contribution is 2.03. The van der Waals surface area contributed by atoms with Gasteiger partial charge in [-0.1, -0.05) is 31.9 Å². The molecule has 1 N–H and O–H groups in total. The lowest BCUT2D eigenvalue weighted by atomic mass is 10.0. The Morgan fingerprint density at radius 1 is 1.46 bits per heavy atom. The lowest BCUT2D eigenvalue weighted by Crippen LogP contribution is -2.18. The zero-order valence-electron chi connectivity index (χ0n) is 8.12. The lowest BCUT2D eigenvalue weighted by Gasteiger charge is -2.00. The molecule has 0 rings (SSSR count). The van der Waals surface area contributed by atoms with Gasteiger partial charge in [-0.3, -0.25) is 9.59 Å². The molecule has 0 aliphatic rings. The van der Waals surface area contributed by atoms with E-state index < -0.39 is 11.9 Å². The van der Waals surface area contributed by atoms with Gasteiger partial charge in [0.15, 0.2) is 0 Å². The van der Waals surface area contributed by atoms with Crippen LogP contribution in [0.2, 0.25) is 0 Å². The van der Waals surface area contributed by atoms with Gasteiger partial charge < -0.3 is 5.11 Å². The standard InChI is InChI=1S/C10H16O3/c1-3-4-5-6-7-9(8(2)11)10(12)13/h6-7,9H,3-5H2,1-2H3,(H,12,13)/b7-6+. The zero-order valence-corrected chi connectivity index (χ0v) is 8.12. The summed E-state index contributed by atoms with van der Waals surface area (Å²) in [6, 6.07) is 0. The number of carboxylic acid groups (broad SMARTS) is 1. The average molecular weight is 184 g/mol. The van der Waals surface area contributed by atoms with Gasteiger partial charge in [-0.25, -0.2) is 0 Å². The number of ketones is 1. The summed E-state index contributed by atoms with van der Waals surface area (Å²) >= 11 is 0. The Hall–Kier alpha value is -1.12. The first-order valence-corrected chi connectivity index (χ1v) is 4.49. The molecular weight excluding hydrogens is 168 g/mol. The van der Waals surface area contributed by atoms with Crippen molar-refractivity contribution < 1.29 is 14.7 Å². The molecule has 0 spiro atoms. The first-order valence-electron chi connectivity index (χ1n) is 4.49. The van der Waals surface area contributed by atoms with Crippen molar-refractivity contribution in [2.24, 2.45) is 5.92 Å². The van der Waals surface area contributed by atoms with Crippen molar-refractivity contribution in [2.45, 2.75) is 33.1 Å². The monoisotopic (exact) mass is 184 g/mol. The highest BCUT2D eigenvalue weighted by atomic mass is 16.4. The van der Waals surface area contributed by atoms with Crippen LogP contribution >= 0.6 is 0 Å². The van der Waals surface area contributed by atoms with E-state index in [9.17, 15) is 9.59 Å². The van der Waals surface area contributed by atoms with Crippen LogP contribution in [-0.2, 0) is 9.59 Å². The van der Waals surface area contributed by atoms with Crippen molar-refractivity contribution in [3.8, 4) is 0 Å². The number of carbonyl (C=O) groups is 2. The molecule has 0 aliphatic heterocycles. The first kappa shape index (κ1) is 11.9. The van der Waals surface area contributed by atoms with Gasteiger partial charge in [0.05, 0.1) is 0 Å². The van der Waals surface area contributed by atoms with E-state index in [0.29, 0.717) is 0 Å². The zero-order chi connectivity index (χ0) is 10.3. The SMILES string of the molecule is CCCC/C=C/C(C(C)=O)C(=O)O. The highest BCUT2D eigenvalue weighted by molar-refractivity contribution is 5.98. The van der Waals surface area contributed by atoms with E-state index in [1.165, 1.54) is 13.0 Å². The maximum atomic E-state index is 10.8. The summed E-state index contributed by atoms with van der Waals surface area (Å²) in [5, 5.41) is 8.63. The number of Topliss-reactive ketones (excluding diaryl/α,β-unsaturated/α-hetero) is 1. The highest BCUT2D eigenvalue weighted by Gasteiger charge is 2.18. The van der Waals surface area contributed by atoms with Crippen LogP contribution in [0.4, 0.5) is 0 Å². The summed E-state index contributed by atoms with van der Waals surface area (Å²) < 4.78 is 0. The number of carboxylic acids is 1. The van der Waals surface area contributed by atoms with Crippen molar-refractivity contribution in [3.05, 3.63) is 12.2 Å². The minimum atomic E-state index is -1.07. The Balaban J connectivity index is 4.03. The molecule has 3 heteroatoms. The largest absolute Gasteiger partial charge is 0.480 e. The molecule has 0 heterocycles. The Morgan fingerprint density at radius 3 is 2.46 bits per heavy atom. The topological polar surface area (TPSA) is 54.4 Å². The van der Waals surface area contributed by atoms with Gasteiger partial charge in [0.2, 0.25) is 0 Å². The van der Waals surface area contributed by atoms with Crippen molar-refractivity contribution in [3.63, 3.8) is 0 Å². The maximum Gasteiger partial charge on any atom is 0.317 e. The van der Waals surface area contributed by atoms with E-state index in [1.54, 1.807) is 6.08 Å². The Bertz CT molecular complexity index is 192. The maximum absolute atomic E-state index is 10.8. The van der Waals surface area contributed by atoms with Crippen molar-refractivity contribution >= 4 is 11.8 Å². The van der Waals surface area contributed by atoms with Gasteiger partial charge in [0, 0.05) is 0 Å². The summed E-state index contributed by atoms with van der Waals surface area (Å²) in [4.78, 5) is 21.3. The van der Waals surface area contributed by atoms with Gasteiger partial charge in [0.1, 0.15) is 11.7 Å². The van der Waals surface area contributed by atoms with Gasteiger partial charge >= 0.3 is 5.97 Å². The first-order chi connectivity index (χ1) is 6.09. The minimum Gasteiger partial charge on any atom is -0.480 e. The summed E-state index contributed by atoms with van der Waals surface area (Å²) in [6.07, 6.45) is 6.18. The third-order valence-corrected chi connectivity index (χ3v) is 1.76. The van der Waals surface area contributed by atoms with E-state index in [-0.39, 0.29) is 5.78 Å². The van der Waals surface area contributed by atoms with E-state index in [1.807, 2.05) is 0 Å². The fourth-order valence-electron chi connectivity index (χ4n) is 0.946. The summed E-state index contributed by atoms with van der Waals surface area (Å²) in [5.41, 5.74) is 0. The molecule has 0 aromatic heterocycles. The fourth-order valence-corrected chi connectivity index (χ4v) is 0.946. The third-order valence-electron chi connectivity index (χ3n) is 1.76. The van der Waals surface area contributed by atoms with Crippen LogP contribution < -0.4 is 0 Å². The summed E-state index contributed by atoms with van der Waals surface area (Å²) in [7, 11) is 0. The van der Waals surface area contributed by atoms with Crippen LogP contribution in [0.15, 0.2) is 12.2 Å². The van der Waals surface area contributed by atoms with Crippen LogP contribution in [0.3, 0.4) is 0 Å². The van der Waals surface area contributed by atoms with E-state index in [4.69, 9.17) is 5.11 Å². The smallest absolute Gasteiger partial charge is 0.317 e. The predicted molar refractivity (Wildman–Crippen MR) is 50.5 cm³/mol. The second kappa shape index (κ2) is 6.40. The van der Waals surface area contributed by atoms with E-state index >= 15 is 0 Å². The van der Waals surface area contributed by atoms with Gasteiger partial charge in [-0.2, -0.15) is 0 Å². The van der Waals surface area contributed by atoms with Crippen LogP contribution in [0, 0.1) is 5.92 Å². The molecule has 3 nitrogen and oxygen atoms in total. The molecule has 0 fully saturated rings. The van der Waals surface area contributed by atoms with Crippen LogP contribution in [-0.4, -0.2) is 16.9 Å². The molecule has 0 aliphatic carbocycles. The molecule has 0 saturated carbocycles. The van der Waals surface area contributed by atoms with Crippen LogP contribution in [0.1, 0.15) is 33.1 Å². The minimum absolute atomic E-state index is 0.319. The number of aliphatic carboxylic acids is 1. The molecule has 0 bridgehead atoms. The molecule has 1 atom stereocenters. The fraction of sp³-hybridized carbons (Fsp3) is 0.600. The molecule has 0 amide bonds. The number of hydrogen-bond acceptors (Lipinski definition) is 2. The Kier molecular flexibility index (Phi) is 5.85. The van der Waals surface area contributed by atoms with Gasteiger partial charge in [-0.15, -0.1) is 0 Å². The molecule has 0 saturated heterocycles. The van der Waals surface area contributed by atoms with Crippen LogP contribution in [0.5, 0.6) is 0 Å². The average Bonchev–Trinajstić information content (AvgIpc) is 2.02. The van der Waals surface area contributed by atoms with Crippen molar-refractivity contribution in [1.82, 2.24) is 0 Å². The van der Waals surface area contributed by atoms with E-state index in [0.717, 1.165) is 19.3 Å². The number of allylic oxidation sites excluding steroid dienone is 1. The molecule has 13 heavy (non-hydrogen) atoms. The second-order valence-corrected chi connectivity index (χ2v) is 3.00.